The van der Waals surface area contributed by atoms with Gasteiger partial charge in [-0.2, -0.15) is 4.98 Å². The summed E-state index contributed by atoms with van der Waals surface area (Å²) in [6.45, 7) is 1.65. The number of hydrogen-bond donors (Lipinski definition) is 1. The lowest BCUT2D eigenvalue weighted by atomic mass is 9.92. The number of nitrogens with one attached hydrogen (secondary N) is 1. The maximum Gasteiger partial charge on any atom is 0.259 e. The second-order valence-corrected chi connectivity index (χ2v) is 4.85. The van der Waals surface area contributed by atoms with Crippen molar-refractivity contribution in [2.45, 2.75) is 18.4 Å². The molecule has 106 valence electrons. The molecule has 0 saturated carbocycles. The average molecular weight is 277 g/mol. The Morgan fingerprint density at radius 1 is 1.30 bits per heavy atom. The highest BCUT2D eigenvalue weighted by Gasteiger charge is 2.39. The highest BCUT2D eigenvalue weighted by Crippen LogP contribution is 2.34. The number of nitrogens with zero attached hydrogens (tertiary/aromatic N) is 2. The van der Waals surface area contributed by atoms with Crippen LogP contribution in [0.3, 0.4) is 0 Å². The Morgan fingerprint density at radius 3 is 2.75 bits per heavy atom. The predicted octanol–water partition coefficient (Wildman–Crippen LogP) is 2.10. The SMILES string of the molecule is COC1(c2nc(-c3ccccc3F)no2)CCNCC1. The molecule has 1 aliphatic heterocycles. The second kappa shape index (κ2) is 5.30. The van der Waals surface area contributed by atoms with Crippen molar-refractivity contribution in [2.24, 2.45) is 0 Å². The third kappa shape index (κ3) is 2.21. The smallest absolute Gasteiger partial charge is 0.259 e. The third-order valence-corrected chi connectivity index (χ3v) is 3.73. The van der Waals surface area contributed by atoms with Crippen LogP contribution in [0.4, 0.5) is 4.39 Å². The fourth-order valence-electron chi connectivity index (χ4n) is 2.50. The van der Waals surface area contributed by atoms with Crippen molar-refractivity contribution >= 4 is 0 Å². The molecular formula is C14H16FN3O2. The van der Waals surface area contributed by atoms with E-state index < -0.39 is 5.60 Å². The summed E-state index contributed by atoms with van der Waals surface area (Å²) in [5, 5.41) is 7.15. The molecule has 0 spiro atoms. The molecule has 1 aromatic carbocycles. The molecule has 0 unspecified atom stereocenters. The monoisotopic (exact) mass is 277 g/mol. The van der Waals surface area contributed by atoms with Crippen LogP contribution in [0.1, 0.15) is 18.7 Å². The first-order valence-corrected chi connectivity index (χ1v) is 6.60. The second-order valence-electron chi connectivity index (χ2n) is 4.85. The summed E-state index contributed by atoms with van der Waals surface area (Å²) in [6, 6.07) is 6.38. The van der Waals surface area contributed by atoms with Crippen LogP contribution in [0, 0.1) is 5.82 Å². The molecule has 1 fully saturated rings. The van der Waals surface area contributed by atoms with Crippen LogP contribution in [0.25, 0.3) is 11.4 Å². The highest BCUT2D eigenvalue weighted by atomic mass is 19.1. The largest absolute Gasteiger partial charge is 0.368 e. The average Bonchev–Trinajstić information content (AvgIpc) is 2.98. The lowest BCUT2D eigenvalue weighted by Gasteiger charge is -2.32. The Balaban J connectivity index is 1.95. The molecule has 3 rings (SSSR count). The minimum Gasteiger partial charge on any atom is -0.368 e. The molecule has 0 aliphatic carbocycles. The highest BCUT2D eigenvalue weighted by molar-refractivity contribution is 5.54. The first-order chi connectivity index (χ1) is 9.75. The zero-order valence-corrected chi connectivity index (χ0v) is 11.2. The number of methoxy groups -OCH3 is 1. The van der Waals surface area contributed by atoms with Crippen LogP contribution >= 0.6 is 0 Å². The van der Waals surface area contributed by atoms with Crippen LogP contribution in [0.15, 0.2) is 28.8 Å². The Morgan fingerprint density at radius 2 is 2.05 bits per heavy atom. The van der Waals surface area contributed by atoms with Crippen molar-refractivity contribution in [3.05, 3.63) is 36.0 Å². The van der Waals surface area contributed by atoms with Gasteiger partial charge in [-0.1, -0.05) is 17.3 Å². The topological polar surface area (TPSA) is 60.2 Å². The summed E-state index contributed by atoms with van der Waals surface area (Å²) in [5.41, 5.74) is -0.232. The summed E-state index contributed by atoms with van der Waals surface area (Å²) in [7, 11) is 1.64. The van der Waals surface area contributed by atoms with Crippen LogP contribution in [-0.4, -0.2) is 30.3 Å². The molecule has 2 aromatic rings. The Kier molecular flexibility index (Phi) is 3.50. The van der Waals surface area contributed by atoms with Gasteiger partial charge in [0, 0.05) is 7.11 Å². The van der Waals surface area contributed by atoms with E-state index in [1.54, 1.807) is 25.3 Å². The Labute approximate surface area is 116 Å². The molecule has 0 bridgehead atoms. The van der Waals surface area contributed by atoms with Gasteiger partial charge in [0.15, 0.2) is 0 Å². The minimum atomic E-state index is -0.568. The maximum absolute atomic E-state index is 13.7. The van der Waals surface area contributed by atoms with Gasteiger partial charge in [0.2, 0.25) is 5.82 Å². The van der Waals surface area contributed by atoms with Gasteiger partial charge >= 0.3 is 0 Å². The number of aromatic nitrogens is 2. The number of benzene rings is 1. The van der Waals surface area contributed by atoms with E-state index >= 15 is 0 Å². The van der Waals surface area contributed by atoms with Gasteiger partial charge in [-0.25, -0.2) is 4.39 Å². The lowest BCUT2D eigenvalue weighted by Crippen LogP contribution is -2.41. The van der Waals surface area contributed by atoms with Crippen LogP contribution in [0.2, 0.25) is 0 Å². The van der Waals surface area contributed by atoms with Gasteiger partial charge in [0.25, 0.3) is 5.89 Å². The summed E-state index contributed by atoms with van der Waals surface area (Å²) in [6.07, 6.45) is 1.50. The number of piperidine rings is 1. The Bertz CT molecular complexity index is 594. The van der Waals surface area contributed by atoms with E-state index in [2.05, 4.69) is 15.5 Å². The van der Waals surface area contributed by atoms with E-state index in [0.29, 0.717) is 11.5 Å². The molecule has 0 radical (unpaired) electrons. The number of hydrogen-bond acceptors (Lipinski definition) is 5. The van der Waals surface area contributed by atoms with E-state index in [4.69, 9.17) is 9.26 Å². The van der Waals surface area contributed by atoms with E-state index in [1.807, 2.05) is 0 Å². The molecule has 2 heterocycles. The van der Waals surface area contributed by atoms with Crippen molar-refractivity contribution in [1.29, 1.82) is 0 Å². The van der Waals surface area contributed by atoms with Gasteiger partial charge in [0.1, 0.15) is 11.4 Å². The molecule has 0 amide bonds. The van der Waals surface area contributed by atoms with Crippen molar-refractivity contribution in [1.82, 2.24) is 15.5 Å². The van der Waals surface area contributed by atoms with Gasteiger partial charge < -0.3 is 14.6 Å². The number of rotatable bonds is 3. The first-order valence-electron chi connectivity index (χ1n) is 6.60. The molecular weight excluding hydrogens is 261 g/mol. The summed E-state index contributed by atoms with van der Waals surface area (Å²) >= 11 is 0. The van der Waals surface area contributed by atoms with E-state index in [0.717, 1.165) is 25.9 Å². The van der Waals surface area contributed by atoms with Gasteiger partial charge in [-0.15, -0.1) is 0 Å². The van der Waals surface area contributed by atoms with Crippen molar-refractivity contribution in [3.8, 4) is 11.4 Å². The fraction of sp³-hybridized carbons (Fsp3) is 0.429. The number of ether oxygens (including phenoxy) is 1. The van der Waals surface area contributed by atoms with Crippen molar-refractivity contribution < 1.29 is 13.7 Å². The maximum atomic E-state index is 13.7. The summed E-state index contributed by atoms with van der Waals surface area (Å²) in [5.74, 6) is 0.310. The fourth-order valence-corrected chi connectivity index (χ4v) is 2.50. The molecule has 5 nitrogen and oxygen atoms in total. The summed E-state index contributed by atoms with van der Waals surface area (Å²) in [4.78, 5) is 4.34. The van der Waals surface area contributed by atoms with Gasteiger partial charge in [-0.3, -0.25) is 0 Å². The number of halogens is 1. The Hall–Kier alpha value is -1.79. The van der Waals surface area contributed by atoms with E-state index in [9.17, 15) is 4.39 Å². The lowest BCUT2D eigenvalue weighted by molar-refractivity contribution is -0.0622. The van der Waals surface area contributed by atoms with Crippen LogP contribution < -0.4 is 5.32 Å². The van der Waals surface area contributed by atoms with E-state index in [1.165, 1.54) is 6.07 Å². The van der Waals surface area contributed by atoms with Crippen molar-refractivity contribution in [3.63, 3.8) is 0 Å². The molecule has 1 N–H and O–H groups in total. The quantitative estimate of drug-likeness (QED) is 0.931. The predicted molar refractivity (Wildman–Crippen MR) is 70.5 cm³/mol. The van der Waals surface area contributed by atoms with Crippen molar-refractivity contribution in [2.75, 3.05) is 20.2 Å². The molecule has 0 atom stereocenters. The standard InChI is InChI=1S/C14H16FN3O2/c1-19-14(6-8-16-9-7-14)13-17-12(18-20-13)10-4-2-3-5-11(10)15/h2-5,16H,6-9H2,1H3. The molecule has 6 heteroatoms. The molecule has 1 aromatic heterocycles. The first kappa shape index (κ1) is 13.2. The minimum absolute atomic E-state index is 0.257. The third-order valence-electron chi connectivity index (χ3n) is 3.73. The summed E-state index contributed by atoms with van der Waals surface area (Å²) < 4.78 is 24.7. The zero-order valence-electron chi connectivity index (χ0n) is 11.2. The van der Waals surface area contributed by atoms with E-state index in [-0.39, 0.29) is 11.6 Å². The van der Waals surface area contributed by atoms with Crippen LogP contribution in [0.5, 0.6) is 0 Å². The molecule has 1 aliphatic rings. The normalized spacial score (nSPS) is 18.1. The zero-order chi connectivity index (χ0) is 14.0. The van der Waals surface area contributed by atoms with Crippen LogP contribution in [-0.2, 0) is 10.3 Å². The van der Waals surface area contributed by atoms with Gasteiger partial charge in [0.05, 0.1) is 5.56 Å². The molecule has 20 heavy (non-hydrogen) atoms. The molecule has 1 saturated heterocycles. The van der Waals surface area contributed by atoms with Gasteiger partial charge in [-0.05, 0) is 38.1 Å².